The van der Waals surface area contributed by atoms with Gasteiger partial charge in [-0.05, 0) is 67.6 Å². The number of nitrogens with one attached hydrogen (secondary N) is 2. The number of hydroxylamine groups is 2. The predicted molar refractivity (Wildman–Crippen MR) is 183 cm³/mol. The Hall–Kier alpha value is -4.70. The van der Waals surface area contributed by atoms with E-state index in [4.69, 9.17) is 18.5 Å². The first-order chi connectivity index (χ1) is 23.4. The van der Waals surface area contributed by atoms with Crippen molar-refractivity contribution in [2.75, 3.05) is 20.4 Å². The smallest absolute Gasteiger partial charge is 0.288 e. The second-order valence-corrected chi connectivity index (χ2v) is 12.4. The molecule has 0 aliphatic carbocycles. The Morgan fingerprint density at radius 2 is 1.65 bits per heavy atom. The molecular formula is C36H42N3O8P. The highest BCUT2D eigenvalue weighted by Gasteiger charge is 2.32. The number of hydrogen-bond acceptors (Lipinski definition) is 8. The van der Waals surface area contributed by atoms with Crippen LogP contribution >= 0.6 is 8.03 Å². The molecular weight excluding hydrogens is 633 g/mol. The summed E-state index contributed by atoms with van der Waals surface area (Å²) < 4.78 is 28.8. The van der Waals surface area contributed by atoms with Gasteiger partial charge in [-0.15, -0.1) is 0 Å². The molecule has 0 saturated heterocycles. The van der Waals surface area contributed by atoms with Gasteiger partial charge in [0, 0.05) is 18.0 Å². The van der Waals surface area contributed by atoms with E-state index in [1.807, 2.05) is 74.5 Å². The topological polar surface area (TPSA) is 136 Å². The number of rotatable bonds is 19. The Morgan fingerprint density at radius 1 is 0.938 bits per heavy atom. The second-order valence-electron chi connectivity index (χ2n) is 10.9. The fraction of sp³-hybridized carbons (Fsp3) is 0.306. The number of carbonyl (C=O) groups excluding carboxylic acids is 3. The molecule has 1 unspecified atom stereocenters. The van der Waals surface area contributed by atoms with Crippen LogP contribution in [0.3, 0.4) is 0 Å². The quantitative estimate of drug-likeness (QED) is 0.0575. The van der Waals surface area contributed by atoms with Crippen molar-refractivity contribution in [3.05, 3.63) is 108 Å². The Balaban J connectivity index is 1.43. The van der Waals surface area contributed by atoms with Crippen LogP contribution in [-0.4, -0.2) is 49.7 Å². The van der Waals surface area contributed by atoms with Gasteiger partial charge in [0.15, 0.2) is 5.76 Å². The zero-order chi connectivity index (χ0) is 34.3. The molecule has 2 N–H and O–H groups in total. The number of nitrogens with zero attached hydrogens (tertiary/aromatic N) is 1. The van der Waals surface area contributed by atoms with Crippen molar-refractivity contribution >= 4 is 31.6 Å². The van der Waals surface area contributed by atoms with Crippen molar-refractivity contribution in [1.29, 1.82) is 0 Å². The third-order valence-corrected chi connectivity index (χ3v) is 8.86. The molecule has 0 radical (unpaired) electrons. The summed E-state index contributed by atoms with van der Waals surface area (Å²) in [5.41, 5.74) is 2.52. The molecule has 1 heterocycles. The summed E-state index contributed by atoms with van der Waals surface area (Å²) in [6.45, 7) is 4.15. The Morgan fingerprint density at radius 3 is 2.29 bits per heavy atom. The van der Waals surface area contributed by atoms with Crippen molar-refractivity contribution in [2.45, 2.75) is 45.8 Å². The number of aryl methyl sites for hydroxylation is 1. The zero-order valence-corrected chi connectivity index (χ0v) is 28.3. The summed E-state index contributed by atoms with van der Waals surface area (Å²) in [6, 6.07) is 26.9. The molecule has 1 aromatic heterocycles. The summed E-state index contributed by atoms with van der Waals surface area (Å²) >= 11 is 0. The summed E-state index contributed by atoms with van der Waals surface area (Å²) in [5.74, 6) is -0.612. The first-order valence-corrected chi connectivity index (χ1v) is 17.1. The molecule has 0 fully saturated rings. The molecule has 3 atom stereocenters. The first kappa shape index (κ1) is 36.1. The molecule has 12 heteroatoms. The molecule has 4 rings (SSSR count). The minimum absolute atomic E-state index is 0.0236. The molecule has 0 bridgehead atoms. The van der Waals surface area contributed by atoms with Gasteiger partial charge in [0.25, 0.3) is 5.91 Å². The standard InChI is InChI=1S/C36H42N3O8P/c1-4-32(39(25-40)46-23-27-14-10-7-11-15-27)31(17-16-26-12-8-6-9-13-26)35(41)37-24-38-36(42)34-19-18-33(47-34)28-20-29(45-5-2)22-30(21-28)48(43)44-3/h6-15,18-22,25,31-32,48H,4-5,16-17,23-24H2,1-3H3,(H,37,41)(H,38,42)/t31-,32-/m1/s1. The number of carbonyl (C=O) groups is 3. The molecule has 254 valence electrons. The Kier molecular flexibility index (Phi) is 14.0. The Bertz CT molecular complexity index is 1650. The van der Waals surface area contributed by atoms with Crippen LogP contribution in [0.25, 0.3) is 11.3 Å². The van der Waals surface area contributed by atoms with E-state index < -0.39 is 25.9 Å². The molecule has 0 saturated carbocycles. The lowest BCUT2D eigenvalue weighted by atomic mass is 9.90. The van der Waals surface area contributed by atoms with Gasteiger partial charge < -0.3 is 24.3 Å². The van der Waals surface area contributed by atoms with Crippen LogP contribution in [0.15, 0.2) is 95.4 Å². The highest BCUT2D eigenvalue weighted by molar-refractivity contribution is 7.48. The first-order valence-electron chi connectivity index (χ1n) is 15.8. The average Bonchev–Trinajstić information content (AvgIpc) is 3.62. The van der Waals surface area contributed by atoms with E-state index in [0.717, 1.165) is 11.1 Å². The van der Waals surface area contributed by atoms with Gasteiger partial charge >= 0.3 is 0 Å². The number of furan rings is 1. The van der Waals surface area contributed by atoms with Crippen molar-refractivity contribution in [3.8, 4) is 17.1 Å². The van der Waals surface area contributed by atoms with E-state index in [2.05, 4.69) is 10.6 Å². The molecule has 4 aromatic rings. The molecule has 0 spiro atoms. The van der Waals surface area contributed by atoms with E-state index in [0.29, 0.717) is 54.7 Å². The molecule has 0 aliphatic heterocycles. The van der Waals surface area contributed by atoms with Crippen LogP contribution in [0, 0.1) is 5.92 Å². The monoisotopic (exact) mass is 675 g/mol. The Labute approximate surface area is 281 Å². The fourth-order valence-corrected chi connectivity index (χ4v) is 6.08. The fourth-order valence-electron chi connectivity index (χ4n) is 5.31. The van der Waals surface area contributed by atoms with Crippen molar-refractivity contribution in [1.82, 2.24) is 15.7 Å². The minimum Gasteiger partial charge on any atom is -0.494 e. The SMILES string of the molecule is CCOc1cc(-c2ccc(C(=O)NCNC(=O)[C@H](CCc3ccccc3)[C@@H](CC)N(C=O)OCc3ccccc3)o2)cc([PH](=O)OC)c1. The van der Waals surface area contributed by atoms with Gasteiger partial charge in [0.2, 0.25) is 20.3 Å². The maximum atomic E-state index is 13.6. The lowest BCUT2D eigenvalue weighted by Gasteiger charge is -2.32. The summed E-state index contributed by atoms with van der Waals surface area (Å²) in [5, 5.41) is 7.15. The lowest BCUT2D eigenvalue weighted by Crippen LogP contribution is -2.48. The van der Waals surface area contributed by atoms with Gasteiger partial charge in [0.05, 0.1) is 25.2 Å². The number of amides is 3. The highest BCUT2D eigenvalue weighted by atomic mass is 31.1. The normalized spacial score (nSPS) is 12.8. The largest absolute Gasteiger partial charge is 0.494 e. The zero-order valence-electron chi connectivity index (χ0n) is 27.3. The van der Waals surface area contributed by atoms with Gasteiger partial charge in [-0.25, -0.2) is 5.06 Å². The van der Waals surface area contributed by atoms with Crippen LogP contribution in [0.5, 0.6) is 5.75 Å². The summed E-state index contributed by atoms with van der Waals surface area (Å²) in [6.07, 6.45) is 2.12. The molecule has 3 amide bonds. The maximum absolute atomic E-state index is 13.6. The van der Waals surface area contributed by atoms with Crippen LogP contribution in [0.4, 0.5) is 0 Å². The van der Waals surface area contributed by atoms with E-state index in [1.54, 1.807) is 24.3 Å². The number of hydrogen-bond donors (Lipinski definition) is 2. The number of benzene rings is 3. The van der Waals surface area contributed by atoms with E-state index >= 15 is 0 Å². The summed E-state index contributed by atoms with van der Waals surface area (Å²) in [7, 11) is -1.11. The van der Waals surface area contributed by atoms with Gasteiger partial charge in [-0.1, -0.05) is 67.6 Å². The third-order valence-electron chi connectivity index (χ3n) is 7.72. The lowest BCUT2D eigenvalue weighted by molar-refractivity contribution is -0.200. The van der Waals surface area contributed by atoms with Crippen LogP contribution < -0.4 is 20.7 Å². The second kappa shape index (κ2) is 18.6. The van der Waals surface area contributed by atoms with Crippen LogP contribution in [-0.2, 0) is 36.5 Å². The molecule has 0 aliphatic rings. The molecule has 3 aromatic carbocycles. The minimum atomic E-state index is -2.48. The van der Waals surface area contributed by atoms with Gasteiger partial charge in [-0.2, -0.15) is 0 Å². The van der Waals surface area contributed by atoms with Crippen LogP contribution in [0.2, 0.25) is 0 Å². The highest BCUT2D eigenvalue weighted by Crippen LogP contribution is 2.30. The molecule has 11 nitrogen and oxygen atoms in total. The van der Waals surface area contributed by atoms with E-state index in [-0.39, 0.29) is 24.9 Å². The van der Waals surface area contributed by atoms with E-state index in [1.165, 1.54) is 18.2 Å². The van der Waals surface area contributed by atoms with Crippen molar-refractivity contribution in [3.63, 3.8) is 0 Å². The predicted octanol–water partition coefficient (Wildman–Crippen LogP) is 5.51. The van der Waals surface area contributed by atoms with Crippen molar-refractivity contribution < 1.29 is 37.5 Å². The van der Waals surface area contributed by atoms with E-state index in [9.17, 15) is 18.9 Å². The molecule has 48 heavy (non-hydrogen) atoms. The van der Waals surface area contributed by atoms with Gasteiger partial charge in [-0.3, -0.25) is 23.8 Å². The average molecular weight is 676 g/mol. The summed E-state index contributed by atoms with van der Waals surface area (Å²) in [4.78, 5) is 44.7. The van der Waals surface area contributed by atoms with Gasteiger partial charge in [0.1, 0.15) is 18.1 Å². The van der Waals surface area contributed by atoms with Crippen molar-refractivity contribution in [2.24, 2.45) is 5.92 Å². The maximum Gasteiger partial charge on any atom is 0.288 e. The third kappa shape index (κ3) is 10.1. The van der Waals surface area contributed by atoms with Crippen LogP contribution in [0.1, 0.15) is 48.4 Å². The number of ether oxygens (including phenoxy) is 1.